The van der Waals surface area contributed by atoms with Gasteiger partial charge in [0.1, 0.15) is 17.6 Å². The van der Waals surface area contributed by atoms with Crippen molar-refractivity contribution < 1.29 is 9.15 Å². The Hall–Kier alpha value is -4.85. The van der Waals surface area contributed by atoms with Gasteiger partial charge in [-0.15, -0.1) is 5.10 Å². The lowest BCUT2D eigenvalue weighted by molar-refractivity contribution is 0.422. The molecule has 168 valence electrons. The molecule has 7 rings (SSSR count). The zero-order valence-corrected chi connectivity index (χ0v) is 18.5. The number of fused-ring (bicyclic) bond motifs is 6. The van der Waals surface area contributed by atoms with Crippen LogP contribution in [0.25, 0.3) is 28.1 Å². The summed E-state index contributed by atoms with van der Waals surface area (Å²) < 4.78 is 13.6. The predicted octanol–water partition coefficient (Wildman–Crippen LogP) is 4.89. The Balaban J connectivity index is 1.56. The van der Waals surface area contributed by atoms with Gasteiger partial charge >= 0.3 is 5.63 Å². The van der Waals surface area contributed by atoms with Gasteiger partial charge in [-0.2, -0.15) is 0 Å². The van der Waals surface area contributed by atoms with Crippen molar-refractivity contribution in [2.75, 3.05) is 0 Å². The quantitative estimate of drug-likeness (QED) is 0.340. The molecule has 0 N–H and O–H groups in total. The van der Waals surface area contributed by atoms with Gasteiger partial charge in [0.05, 0.1) is 22.4 Å². The summed E-state index contributed by atoms with van der Waals surface area (Å²) in [6.45, 7) is 2.02. The number of ether oxygens (including phenoxy) is 1. The first kappa shape index (κ1) is 19.6. The Labute approximate surface area is 198 Å². The highest BCUT2D eigenvalue weighted by atomic mass is 16.5. The Bertz CT molecular complexity index is 1810. The second kappa shape index (κ2) is 7.33. The molecule has 0 saturated heterocycles. The largest absolute Gasteiger partial charge is 0.437 e. The topological polar surface area (TPSA) is 95.4 Å². The maximum Gasteiger partial charge on any atom is 0.344 e. The average molecular weight is 459 g/mol. The summed E-state index contributed by atoms with van der Waals surface area (Å²) in [5.41, 5.74) is 4.27. The molecule has 0 spiro atoms. The molecule has 0 aliphatic carbocycles. The fourth-order valence-corrected chi connectivity index (χ4v) is 4.63. The average Bonchev–Trinajstić information content (AvgIpc) is 3.33. The molecule has 35 heavy (non-hydrogen) atoms. The number of rotatable bonds is 2. The Morgan fingerprint density at radius 2 is 1.74 bits per heavy atom. The van der Waals surface area contributed by atoms with Crippen molar-refractivity contribution in [2.24, 2.45) is 0 Å². The molecule has 1 aliphatic rings. The van der Waals surface area contributed by atoms with Crippen molar-refractivity contribution >= 4 is 16.6 Å². The molecular weight excluding hydrogens is 442 g/mol. The van der Waals surface area contributed by atoms with E-state index in [2.05, 4.69) is 15.1 Å². The number of para-hydroxylation sites is 1. The predicted molar refractivity (Wildman–Crippen MR) is 129 cm³/mol. The van der Waals surface area contributed by atoms with E-state index in [1.165, 1.54) is 0 Å². The third kappa shape index (κ3) is 2.96. The first-order valence-electron chi connectivity index (χ1n) is 11.1. The fourth-order valence-electron chi connectivity index (χ4n) is 4.63. The van der Waals surface area contributed by atoms with Crippen LogP contribution in [0.1, 0.15) is 28.2 Å². The van der Waals surface area contributed by atoms with Crippen LogP contribution < -0.4 is 10.4 Å². The summed E-state index contributed by atoms with van der Waals surface area (Å²) in [6, 6.07) is 21.0. The van der Waals surface area contributed by atoms with Crippen molar-refractivity contribution in [1.82, 2.24) is 24.6 Å². The molecule has 6 aromatic rings. The zero-order chi connectivity index (χ0) is 23.5. The van der Waals surface area contributed by atoms with Crippen molar-refractivity contribution in [3.63, 3.8) is 0 Å². The standard InChI is InChI=1S/C27H17N5O3/c1-15-9-11-16(12-10-15)20-21-23(17-6-2-3-8-19(17)34-27(21)33)35-26-22(20)25-30-24(31-32(25)14-29-26)18-7-4-5-13-28-18/h2-14,20H,1H3. The minimum Gasteiger partial charge on any atom is -0.437 e. The number of aromatic nitrogens is 5. The lowest BCUT2D eigenvalue weighted by Crippen LogP contribution is -2.22. The van der Waals surface area contributed by atoms with Crippen LogP contribution in [0, 0.1) is 6.92 Å². The molecule has 4 aromatic heterocycles. The van der Waals surface area contributed by atoms with E-state index >= 15 is 0 Å². The van der Waals surface area contributed by atoms with E-state index in [0.29, 0.717) is 50.9 Å². The second-order valence-corrected chi connectivity index (χ2v) is 8.46. The Kier molecular flexibility index (Phi) is 4.10. The van der Waals surface area contributed by atoms with E-state index in [1.807, 2.05) is 67.6 Å². The molecule has 0 bridgehead atoms. The van der Waals surface area contributed by atoms with Gasteiger partial charge in [0, 0.05) is 6.20 Å². The summed E-state index contributed by atoms with van der Waals surface area (Å²) in [5.74, 6) is 0.787. The summed E-state index contributed by atoms with van der Waals surface area (Å²) in [4.78, 5) is 27.1. The van der Waals surface area contributed by atoms with Gasteiger partial charge in [0.2, 0.25) is 11.7 Å². The minimum absolute atomic E-state index is 0.381. The van der Waals surface area contributed by atoms with Crippen LogP contribution in [0.4, 0.5) is 0 Å². The number of aryl methyl sites for hydroxylation is 1. The Morgan fingerprint density at radius 1 is 0.914 bits per heavy atom. The Morgan fingerprint density at radius 3 is 2.57 bits per heavy atom. The van der Waals surface area contributed by atoms with Crippen molar-refractivity contribution in [3.8, 4) is 23.1 Å². The lowest BCUT2D eigenvalue weighted by atomic mass is 9.84. The molecule has 1 unspecified atom stereocenters. The minimum atomic E-state index is -0.507. The summed E-state index contributed by atoms with van der Waals surface area (Å²) in [6.07, 6.45) is 3.26. The third-order valence-electron chi connectivity index (χ3n) is 6.27. The van der Waals surface area contributed by atoms with E-state index < -0.39 is 11.5 Å². The highest BCUT2D eigenvalue weighted by molar-refractivity contribution is 5.86. The number of hydrogen-bond donors (Lipinski definition) is 0. The number of hydrogen-bond acceptors (Lipinski definition) is 7. The van der Waals surface area contributed by atoms with Gasteiger partial charge in [-0.25, -0.2) is 19.3 Å². The molecule has 0 fully saturated rings. The van der Waals surface area contributed by atoms with Crippen molar-refractivity contribution in [1.29, 1.82) is 0 Å². The highest BCUT2D eigenvalue weighted by Crippen LogP contribution is 2.48. The smallest absolute Gasteiger partial charge is 0.344 e. The van der Waals surface area contributed by atoms with Crippen LogP contribution >= 0.6 is 0 Å². The molecule has 0 radical (unpaired) electrons. The molecule has 0 saturated carbocycles. The maximum atomic E-state index is 13.4. The van der Waals surface area contributed by atoms with Crippen molar-refractivity contribution in [2.45, 2.75) is 12.8 Å². The molecule has 8 heteroatoms. The van der Waals surface area contributed by atoms with Crippen LogP contribution in [0.15, 0.2) is 88.5 Å². The molecule has 1 atom stereocenters. The van der Waals surface area contributed by atoms with Gasteiger partial charge in [0.15, 0.2) is 11.4 Å². The van der Waals surface area contributed by atoms with Gasteiger partial charge < -0.3 is 9.15 Å². The third-order valence-corrected chi connectivity index (χ3v) is 6.27. The summed E-state index contributed by atoms with van der Waals surface area (Å²) in [7, 11) is 0. The van der Waals surface area contributed by atoms with Gasteiger partial charge in [-0.3, -0.25) is 4.98 Å². The van der Waals surface area contributed by atoms with E-state index in [4.69, 9.17) is 14.1 Å². The molecular formula is C27H17N5O3. The van der Waals surface area contributed by atoms with Crippen LogP contribution in [0.2, 0.25) is 0 Å². The van der Waals surface area contributed by atoms with Crippen LogP contribution in [-0.2, 0) is 0 Å². The van der Waals surface area contributed by atoms with Crippen LogP contribution in [-0.4, -0.2) is 24.6 Å². The first-order chi connectivity index (χ1) is 17.2. The first-order valence-corrected chi connectivity index (χ1v) is 11.1. The van der Waals surface area contributed by atoms with Crippen molar-refractivity contribution in [3.05, 3.63) is 112 Å². The van der Waals surface area contributed by atoms with Gasteiger partial charge in [-0.1, -0.05) is 48.0 Å². The fraction of sp³-hybridized carbons (Fsp3) is 0.0741. The van der Waals surface area contributed by atoms with E-state index in [0.717, 1.165) is 11.1 Å². The molecule has 2 aromatic carbocycles. The zero-order valence-electron chi connectivity index (χ0n) is 18.5. The number of nitrogens with zero attached hydrogens (tertiary/aromatic N) is 5. The SMILES string of the molecule is Cc1ccc(C2c3c(c4ccccc4oc3=O)Oc3ncn4nc(-c5ccccn5)nc4c32)cc1. The lowest BCUT2D eigenvalue weighted by Gasteiger charge is -2.27. The second-order valence-electron chi connectivity index (χ2n) is 8.46. The van der Waals surface area contributed by atoms with E-state index in [9.17, 15) is 4.79 Å². The van der Waals surface area contributed by atoms with Crippen LogP contribution in [0.5, 0.6) is 11.6 Å². The number of benzene rings is 2. The van der Waals surface area contributed by atoms with E-state index in [-0.39, 0.29) is 0 Å². The molecule has 5 heterocycles. The van der Waals surface area contributed by atoms with E-state index in [1.54, 1.807) is 23.1 Å². The molecule has 1 aliphatic heterocycles. The summed E-state index contributed by atoms with van der Waals surface area (Å²) >= 11 is 0. The monoisotopic (exact) mass is 459 g/mol. The highest BCUT2D eigenvalue weighted by Gasteiger charge is 2.37. The van der Waals surface area contributed by atoms with Crippen LogP contribution in [0.3, 0.4) is 0 Å². The maximum absolute atomic E-state index is 13.4. The van der Waals surface area contributed by atoms with Gasteiger partial charge in [0.25, 0.3) is 0 Å². The van der Waals surface area contributed by atoms with Gasteiger partial charge in [-0.05, 0) is 36.8 Å². The number of pyridine rings is 1. The molecule has 0 amide bonds. The normalized spacial score (nSPS) is 14.5. The summed E-state index contributed by atoms with van der Waals surface area (Å²) in [5, 5.41) is 5.30. The molecule has 8 nitrogen and oxygen atoms in total.